The molecule has 0 heterocycles. The minimum atomic E-state index is -0.494. The number of ether oxygens (including phenoxy) is 1. The van der Waals surface area contributed by atoms with Crippen molar-refractivity contribution in [1.82, 2.24) is 5.32 Å². The van der Waals surface area contributed by atoms with Crippen LogP contribution in [0, 0.1) is 11.8 Å². The molecular formula is C23H25NO2. The van der Waals surface area contributed by atoms with E-state index in [0.717, 1.165) is 36.0 Å². The Kier molecular flexibility index (Phi) is 5.04. The lowest BCUT2D eigenvalue weighted by Gasteiger charge is -2.43. The van der Waals surface area contributed by atoms with Gasteiger partial charge in [0.2, 0.25) is 0 Å². The van der Waals surface area contributed by atoms with Crippen LogP contribution in [-0.4, -0.2) is 11.7 Å². The number of alkyl carbamates (subject to hydrolysis) is 1. The summed E-state index contributed by atoms with van der Waals surface area (Å²) in [5, 5.41) is 3.08. The summed E-state index contributed by atoms with van der Waals surface area (Å²) in [5.41, 5.74) is 2.27. The molecule has 3 nitrogen and oxygen atoms in total. The molecule has 0 radical (unpaired) electrons. The third-order valence-corrected chi connectivity index (χ3v) is 4.51. The second-order valence-electron chi connectivity index (χ2n) is 7.76. The molecule has 2 aromatic carbocycles. The molecule has 2 aromatic rings. The number of rotatable bonds is 2. The van der Waals surface area contributed by atoms with Crippen molar-refractivity contribution in [2.24, 2.45) is 0 Å². The van der Waals surface area contributed by atoms with Gasteiger partial charge >= 0.3 is 6.09 Å². The second kappa shape index (κ2) is 7.25. The van der Waals surface area contributed by atoms with Gasteiger partial charge in [-0.25, -0.2) is 4.79 Å². The minimum absolute atomic E-state index is 0.312. The predicted molar refractivity (Wildman–Crippen MR) is 104 cm³/mol. The van der Waals surface area contributed by atoms with E-state index in [1.165, 1.54) is 0 Å². The third kappa shape index (κ3) is 4.46. The number of amides is 1. The number of carbonyl (C=O) groups is 1. The normalized spacial score (nSPS) is 15.2. The molecular weight excluding hydrogens is 322 g/mol. The average Bonchev–Trinajstić information content (AvgIpc) is 2.56. The van der Waals surface area contributed by atoms with E-state index in [4.69, 9.17) is 4.74 Å². The summed E-state index contributed by atoms with van der Waals surface area (Å²) in [5.74, 6) is 6.35. The van der Waals surface area contributed by atoms with Gasteiger partial charge in [-0.2, -0.15) is 0 Å². The Morgan fingerprint density at radius 1 is 0.962 bits per heavy atom. The molecule has 0 aromatic heterocycles. The molecule has 1 N–H and O–H groups in total. The van der Waals surface area contributed by atoms with Crippen molar-refractivity contribution in [3.63, 3.8) is 0 Å². The highest BCUT2D eigenvalue weighted by molar-refractivity contribution is 5.69. The molecule has 0 saturated heterocycles. The molecule has 0 unspecified atom stereocenters. The summed E-state index contributed by atoms with van der Waals surface area (Å²) in [4.78, 5) is 12.2. The number of benzene rings is 2. The minimum Gasteiger partial charge on any atom is -0.444 e. The van der Waals surface area contributed by atoms with Crippen LogP contribution in [0.15, 0.2) is 54.6 Å². The van der Waals surface area contributed by atoms with Gasteiger partial charge < -0.3 is 10.1 Å². The van der Waals surface area contributed by atoms with Gasteiger partial charge in [0, 0.05) is 11.1 Å². The number of hydrogen-bond acceptors (Lipinski definition) is 2. The molecule has 134 valence electrons. The lowest BCUT2D eigenvalue weighted by molar-refractivity contribution is 0.0377. The first kappa shape index (κ1) is 18.1. The average molecular weight is 347 g/mol. The van der Waals surface area contributed by atoms with Crippen LogP contribution in [0.1, 0.15) is 56.7 Å². The Bertz CT molecular complexity index is 816. The van der Waals surface area contributed by atoms with Crippen molar-refractivity contribution in [3.05, 3.63) is 71.3 Å². The van der Waals surface area contributed by atoms with Crippen molar-refractivity contribution in [2.45, 2.75) is 51.2 Å². The smallest absolute Gasteiger partial charge is 0.408 e. The third-order valence-electron chi connectivity index (χ3n) is 4.51. The van der Waals surface area contributed by atoms with E-state index in [2.05, 4.69) is 29.3 Å². The van der Waals surface area contributed by atoms with Gasteiger partial charge in [-0.05, 0) is 69.9 Å². The van der Waals surface area contributed by atoms with E-state index in [0.29, 0.717) is 0 Å². The maximum atomic E-state index is 12.2. The first-order valence-corrected chi connectivity index (χ1v) is 9.05. The Morgan fingerprint density at radius 3 is 2.04 bits per heavy atom. The van der Waals surface area contributed by atoms with Crippen molar-refractivity contribution >= 4 is 6.09 Å². The largest absolute Gasteiger partial charge is 0.444 e. The number of hydrogen-bond donors (Lipinski definition) is 1. The highest BCUT2D eigenvalue weighted by Crippen LogP contribution is 2.41. The molecule has 0 bridgehead atoms. The molecule has 1 amide bonds. The molecule has 26 heavy (non-hydrogen) atoms. The summed E-state index contributed by atoms with van der Waals surface area (Å²) >= 11 is 0. The zero-order valence-corrected chi connectivity index (χ0v) is 15.6. The maximum Gasteiger partial charge on any atom is 0.408 e. The quantitative estimate of drug-likeness (QED) is 0.777. The van der Waals surface area contributed by atoms with Gasteiger partial charge in [-0.3, -0.25) is 0 Å². The van der Waals surface area contributed by atoms with E-state index in [-0.39, 0.29) is 11.6 Å². The zero-order valence-electron chi connectivity index (χ0n) is 15.6. The van der Waals surface area contributed by atoms with E-state index in [9.17, 15) is 4.79 Å². The highest BCUT2D eigenvalue weighted by Gasteiger charge is 2.41. The molecule has 0 spiro atoms. The van der Waals surface area contributed by atoms with Crippen LogP contribution in [-0.2, 0) is 10.3 Å². The van der Waals surface area contributed by atoms with Crippen LogP contribution < -0.4 is 5.32 Å². The van der Waals surface area contributed by atoms with Crippen LogP contribution in [0.2, 0.25) is 0 Å². The molecule has 1 aliphatic rings. The van der Waals surface area contributed by atoms with E-state index in [1.54, 1.807) is 0 Å². The molecule has 3 heteroatoms. The Morgan fingerprint density at radius 2 is 1.54 bits per heavy atom. The van der Waals surface area contributed by atoms with Gasteiger partial charge in [-0.1, -0.05) is 42.2 Å². The molecule has 1 saturated carbocycles. The maximum absolute atomic E-state index is 12.2. The lowest BCUT2D eigenvalue weighted by Crippen LogP contribution is -2.52. The van der Waals surface area contributed by atoms with Crippen LogP contribution in [0.5, 0.6) is 0 Å². The second-order valence-corrected chi connectivity index (χ2v) is 7.76. The topological polar surface area (TPSA) is 38.3 Å². The van der Waals surface area contributed by atoms with Crippen molar-refractivity contribution < 1.29 is 9.53 Å². The molecule has 1 fully saturated rings. The van der Waals surface area contributed by atoms with Crippen molar-refractivity contribution in [2.75, 3.05) is 0 Å². The number of carbonyl (C=O) groups excluding carboxylic acids is 1. The van der Waals surface area contributed by atoms with E-state index in [1.807, 2.05) is 63.2 Å². The zero-order chi connectivity index (χ0) is 18.6. The summed E-state index contributed by atoms with van der Waals surface area (Å²) < 4.78 is 5.43. The summed E-state index contributed by atoms with van der Waals surface area (Å²) in [6.07, 6.45) is 2.61. The van der Waals surface area contributed by atoms with Crippen molar-refractivity contribution in [3.8, 4) is 11.8 Å². The highest BCUT2D eigenvalue weighted by atomic mass is 16.6. The molecule has 1 aliphatic carbocycles. The summed E-state index contributed by atoms with van der Waals surface area (Å²) in [6.45, 7) is 5.63. The Hall–Kier alpha value is -2.73. The standard InChI is InChI=1S/C23H25NO2/c1-22(2,3)26-21(25)24-23(16-7-17-23)20-14-12-19(13-15-20)11-10-18-8-5-4-6-9-18/h4-6,8-9,12-15H,7,16-17H2,1-3H3,(H,24,25). The van der Waals surface area contributed by atoms with Crippen LogP contribution >= 0.6 is 0 Å². The van der Waals surface area contributed by atoms with Gasteiger partial charge in [0.05, 0.1) is 5.54 Å². The molecule has 0 atom stereocenters. The molecule has 0 aliphatic heterocycles. The fraction of sp³-hybridized carbons (Fsp3) is 0.348. The molecule has 3 rings (SSSR count). The fourth-order valence-corrected chi connectivity index (χ4v) is 3.05. The van der Waals surface area contributed by atoms with Gasteiger partial charge in [0.25, 0.3) is 0 Å². The fourth-order valence-electron chi connectivity index (χ4n) is 3.05. The van der Waals surface area contributed by atoms with E-state index >= 15 is 0 Å². The van der Waals surface area contributed by atoms with Gasteiger partial charge in [0.15, 0.2) is 0 Å². The van der Waals surface area contributed by atoms with Crippen LogP contribution in [0.4, 0.5) is 4.79 Å². The van der Waals surface area contributed by atoms with E-state index < -0.39 is 5.60 Å². The number of nitrogens with one attached hydrogen (secondary N) is 1. The first-order valence-electron chi connectivity index (χ1n) is 9.05. The summed E-state index contributed by atoms with van der Waals surface area (Å²) in [6, 6.07) is 18.1. The lowest BCUT2D eigenvalue weighted by atomic mass is 9.72. The van der Waals surface area contributed by atoms with Crippen LogP contribution in [0.3, 0.4) is 0 Å². The first-order chi connectivity index (χ1) is 12.4. The van der Waals surface area contributed by atoms with Gasteiger partial charge in [0.1, 0.15) is 5.60 Å². The Balaban J connectivity index is 1.72. The van der Waals surface area contributed by atoms with Crippen LogP contribution in [0.25, 0.3) is 0 Å². The SMILES string of the molecule is CC(C)(C)OC(=O)NC1(c2ccc(C#Cc3ccccc3)cc2)CCC1. The van der Waals surface area contributed by atoms with Gasteiger partial charge in [-0.15, -0.1) is 0 Å². The van der Waals surface area contributed by atoms with Crippen molar-refractivity contribution in [1.29, 1.82) is 0 Å². The predicted octanol–water partition coefficient (Wildman–Crippen LogP) is 4.99. The Labute approximate surface area is 155 Å². The monoisotopic (exact) mass is 347 g/mol. The summed E-state index contributed by atoms with van der Waals surface area (Å²) in [7, 11) is 0.